The van der Waals surface area contributed by atoms with E-state index in [-0.39, 0.29) is 5.41 Å². The first kappa shape index (κ1) is 15.3. The van der Waals surface area contributed by atoms with Gasteiger partial charge in [0.25, 0.3) is 0 Å². The van der Waals surface area contributed by atoms with Crippen molar-refractivity contribution in [2.75, 3.05) is 0 Å². The van der Waals surface area contributed by atoms with Crippen LogP contribution in [0.5, 0.6) is 11.5 Å². The van der Waals surface area contributed by atoms with Crippen LogP contribution in [0, 0.1) is 13.8 Å². The van der Waals surface area contributed by atoms with Gasteiger partial charge in [-0.1, -0.05) is 32.9 Å². The number of carbonyl (C=O) groups excluding carboxylic acids is 1. The van der Waals surface area contributed by atoms with E-state index in [4.69, 9.17) is 4.74 Å². The Labute approximate surface area is 126 Å². The summed E-state index contributed by atoms with van der Waals surface area (Å²) in [5, 5.41) is 0. The van der Waals surface area contributed by atoms with E-state index >= 15 is 0 Å². The highest BCUT2D eigenvalue weighted by Crippen LogP contribution is 2.35. The highest BCUT2D eigenvalue weighted by Gasteiger charge is 2.19. The zero-order valence-electron chi connectivity index (χ0n) is 13.4. The van der Waals surface area contributed by atoms with Gasteiger partial charge in [0.05, 0.1) is 0 Å². The van der Waals surface area contributed by atoms with Crippen LogP contribution in [0.25, 0.3) is 0 Å². The standard InChI is InChI=1S/C19H22O2/c1-13-6-9-17(19(3,4)5)18(10-13)21-16-8-7-15(12-20)14(2)11-16/h6-12H,1-5H3. The third-order valence-corrected chi connectivity index (χ3v) is 3.54. The van der Waals surface area contributed by atoms with E-state index in [1.54, 1.807) is 6.07 Å². The van der Waals surface area contributed by atoms with Gasteiger partial charge in [0, 0.05) is 11.1 Å². The number of rotatable bonds is 3. The van der Waals surface area contributed by atoms with Crippen LogP contribution < -0.4 is 4.74 Å². The minimum atomic E-state index is 0.0147. The van der Waals surface area contributed by atoms with E-state index in [2.05, 4.69) is 45.9 Å². The first-order valence-corrected chi connectivity index (χ1v) is 7.16. The zero-order valence-corrected chi connectivity index (χ0v) is 13.4. The van der Waals surface area contributed by atoms with Crippen molar-refractivity contribution >= 4 is 6.29 Å². The molecule has 0 amide bonds. The second-order valence-electron chi connectivity index (χ2n) is 6.49. The minimum Gasteiger partial charge on any atom is -0.457 e. The summed E-state index contributed by atoms with van der Waals surface area (Å²) in [5.41, 5.74) is 3.97. The average Bonchev–Trinajstić information content (AvgIpc) is 2.37. The summed E-state index contributed by atoms with van der Waals surface area (Å²) >= 11 is 0. The molecule has 0 aliphatic heterocycles. The monoisotopic (exact) mass is 282 g/mol. The summed E-state index contributed by atoms with van der Waals surface area (Å²) in [4.78, 5) is 10.9. The summed E-state index contributed by atoms with van der Waals surface area (Å²) < 4.78 is 6.08. The highest BCUT2D eigenvalue weighted by molar-refractivity contribution is 5.77. The van der Waals surface area contributed by atoms with Crippen LogP contribution >= 0.6 is 0 Å². The highest BCUT2D eigenvalue weighted by atomic mass is 16.5. The Bertz CT molecular complexity index is 664. The van der Waals surface area contributed by atoms with Gasteiger partial charge in [-0.25, -0.2) is 0 Å². The topological polar surface area (TPSA) is 26.3 Å². The fraction of sp³-hybridized carbons (Fsp3) is 0.316. The van der Waals surface area contributed by atoms with E-state index in [1.807, 2.05) is 19.1 Å². The molecule has 21 heavy (non-hydrogen) atoms. The van der Waals surface area contributed by atoms with Crippen molar-refractivity contribution in [1.82, 2.24) is 0 Å². The van der Waals surface area contributed by atoms with Crippen molar-refractivity contribution in [2.45, 2.75) is 40.0 Å². The summed E-state index contributed by atoms with van der Waals surface area (Å²) in [6.45, 7) is 10.5. The van der Waals surface area contributed by atoms with Crippen LogP contribution in [0.2, 0.25) is 0 Å². The second kappa shape index (κ2) is 5.72. The third-order valence-electron chi connectivity index (χ3n) is 3.54. The summed E-state index contributed by atoms with van der Waals surface area (Å²) in [6, 6.07) is 11.8. The average molecular weight is 282 g/mol. The molecule has 0 saturated heterocycles. The van der Waals surface area contributed by atoms with E-state index in [0.717, 1.165) is 23.3 Å². The van der Waals surface area contributed by atoms with Crippen molar-refractivity contribution in [1.29, 1.82) is 0 Å². The number of hydrogen-bond donors (Lipinski definition) is 0. The fourth-order valence-electron chi connectivity index (χ4n) is 2.30. The number of hydrogen-bond acceptors (Lipinski definition) is 2. The van der Waals surface area contributed by atoms with Crippen molar-refractivity contribution in [3.05, 3.63) is 58.7 Å². The van der Waals surface area contributed by atoms with E-state index < -0.39 is 0 Å². The summed E-state index contributed by atoms with van der Waals surface area (Å²) in [5.74, 6) is 1.63. The van der Waals surface area contributed by atoms with Crippen LogP contribution in [0.4, 0.5) is 0 Å². The predicted octanol–water partition coefficient (Wildman–Crippen LogP) is 5.21. The Balaban J connectivity index is 2.41. The smallest absolute Gasteiger partial charge is 0.150 e. The van der Waals surface area contributed by atoms with Gasteiger partial charge in [-0.15, -0.1) is 0 Å². The molecular weight excluding hydrogens is 260 g/mol. The SMILES string of the molecule is Cc1ccc(C(C)(C)C)c(Oc2ccc(C=O)c(C)c2)c1. The Morgan fingerprint density at radius 2 is 1.71 bits per heavy atom. The van der Waals surface area contributed by atoms with E-state index in [9.17, 15) is 4.79 Å². The first-order chi connectivity index (χ1) is 9.81. The van der Waals surface area contributed by atoms with Gasteiger partial charge in [0.2, 0.25) is 0 Å². The second-order valence-corrected chi connectivity index (χ2v) is 6.49. The lowest BCUT2D eigenvalue weighted by atomic mass is 9.86. The van der Waals surface area contributed by atoms with Crippen LogP contribution in [0.3, 0.4) is 0 Å². The fourth-order valence-corrected chi connectivity index (χ4v) is 2.30. The number of ether oxygens (including phenoxy) is 1. The summed E-state index contributed by atoms with van der Waals surface area (Å²) in [6.07, 6.45) is 0.867. The molecule has 0 N–H and O–H groups in total. The lowest BCUT2D eigenvalue weighted by Gasteiger charge is -2.23. The van der Waals surface area contributed by atoms with Crippen LogP contribution in [-0.2, 0) is 5.41 Å². The van der Waals surface area contributed by atoms with Gasteiger partial charge < -0.3 is 4.74 Å². The molecule has 0 aliphatic rings. The molecule has 0 heterocycles. The molecule has 2 aromatic carbocycles. The molecule has 2 heteroatoms. The van der Waals surface area contributed by atoms with Gasteiger partial charge in [-0.2, -0.15) is 0 Å². The van der Waals surface area contributed by atoms with Crippen molar-refractivity contribution in [3.8, 4) is 11.5 Å². The molecule has 0 unspecified atom stereocenters. The van der Waals surface area contributed by atoms with Gasteiger partial charge in [0.15, 0.2) is 0 Å². The molecular formula is C19H22O2. The first-order valence-electron chi connectivity index (χ1n) is 7.16. The minimum absolute atomic E-state index is 0.0147. The van der Waals surface area contributed by atoms with Crippen molar-refractivity contribution in [2.24, 2.45) is 0 Å². The normalized spacial score (nSPS) is 11.3. The molecule has 0 aliphatic carbocycles. The van der Waals surface area contributed by atoms with Crippen LogP contribution in [0.15, 0.2) is 36.4 Å². The maximum Gasteiger partial charge on any atom is 0.150 e. The molecule has 2 rings (SSSR count). The Hall–Kier alpha value is -2.09. The molecule has 2 nitrogen and oxygen atoms in total. The van der Waals surface area contributed by atoms with E-state index in [0.29, 0.717) is 5.56 Å². The predicted molar refractivity (Wildman–Crippen MR) is 86.5 cm³/mol. The largest absolute Gasteiger partial charge is 0.457 e. The van der Waals surface area contributed by atoms with Gasteiger partial charge in [0.1, 0.15) is 17.8 Å². The number of aryl methyl sites for hydroxylation is 2. The Morgan fingerprint density at radius 3 is 2.29 bits per heavy atom. The summed E-state index contributed by atoms with van der Waals surface area (Å²) in [7, 11) is 0. The van der Waals surface area contributed by atoms with Crippen molar-refractivity contribution < 1.29 is 9.53 Å². The lowest BCUT2D eigenvalue weighted by Crippen LogP contribution is -2.12. The Morgan fingerprint density at radius 1 is 1.00 bits per heavy atom. The van der Waals surface area contributed by atoms with Gasteiger partial charge >= 0.3 is 0 Å². The van der Waals surface area contributed by atoms with Crippen molar-refractivity contribution in [3.63, 3.8) is 0 Å². The van der Waals surface area contributed by atoms with E-state index in [1.165, 1.54) is 11.1 Å². The Kier molecular flexibility index (Phi) is 4.17. The van der Waals surface area contributed by atoms with Gasteiger partial charge in [-0.3, -0.25) is 4.79 Å². The van der Waals surface area contributed by atoms with Crippen LogP contribution in [0.1, 0.15) is 47.8 Å². The molecule has 110 valence electrons. The number of benzene rings is 2. The maximum atomic E-state index is 10.9. The van der Waals surface area contributed by atoms with Crippen LogP contribution in [-0.4, -0.2) is 6.29 Å². The molecule has 0 radical (unpaired) electrons. The molecule has 0 saturated carbocycles. The molecule has 2 aromatic rings. The molecule has 0 atom stereocenters. The van der Waals surface area contributed by atoms with Gasteiger partial charge in [-0.05, 0) is 54.7 Å². The molecule has 0 spiro atoms. The maximum absolute atomic E-state index is 10.9. The molecule has 0 bridgehead atoms. The quantitative estimate of drug-likeness (QED) is 0.723. The number of aldehydes is 1. The molecule has 0 aromatic heterocycles. The molecule has 0 fully saturated rings. The zero-order chi connectivity index (χ0) is 15.6. The lowest BCUT2D eigenvalue weighted by molar-refractivity contribution is 0.112. The number of carbonyl (C=O) groups is 1. The third kappa shape index (κ3) is 3.52.